The van der Waals surface area contributed by atoms with Crippen LogP contribution in [0.25, 0.3) is 0 Å². The zero-order valence-electron chi connectivity index (χ0n) is 11.6. The smallest absolute Gasteiger partial charge is 0.226 e. The predicted molar refractivity (Wildman–Crippen MR) is 71.9 cm³/mol. The fraction of sp³-hybridized carbons (Fsp3) is 0.533. The Kier molecular flexibility index (Phi) is 4.33. The minimum Gasteiger partial charge on any atom is -0.352 e. The normalized spacial score (nSPS) is 17.1. The highest BCUT2D eigenvalue weighted by atomic mass is 16.2. The van der Waals surface area contributed by atoms with Crippen molar-refractivity contribution in [3.63, 3.8) is 0 Å². The van der Waals surface area contributed by atoms with Crippen molar-refractivity contribution in [3.05, 3.63) is 34.9 Å². The van der Waals surface area contributed by atoms with Gasteiger partial charge in [-0.15, -0.1) is 0 Å². The Balaban J connectivity index is 0.000000686. The Morgan fingerprint density at radius 2 is 1.82 bits per heavy atom. The highest BCUT2D eigenvalue weighted by Gasteiger charge is 2.30. The molecule has 0 radical (unpaired) electrons. The molecule has 0 spiro atoms. The van der Waals surface area contributed by atoms with Gasteiger partial charge in [-0.2, -0.15) is 0 Å². The minimum absolute atomic E-state index is 0.149. The number of amides is 1. The minimum atomic E-state index is -0.291. The van der Waals surface area contributed by atoms with Crippen LogP contribution in [0, 0.1) is 12.3 Å². The first-order chi connectivity index (χ1) is 7.99. The molecule has 1 aliphatic rings. The van der Waals surface area contributed by atoms with Gasteiger partial charge in [0, 0.05) is 12.0 Å². The summed E-state index contributed by atoms with van der Waals surface area (Å²) in [5.41, 5.74) is 3.51. The van der Waals surface area contributed by atoms with Gasteiger partial charge in [-0.1, -0.05) is 51.5 Å². The lowest BCUT2D eigenvalue weighted by atomic mass is 9.84. The van der Waals surface area contributed by atoms with Crippen LogP contribution in [0.4, 0.5) is 0 Å². The summed E-state index contributed by atoms with van der Waals surface area (Å²) in [6.45, 7) is 10.7. The van der Waals surface area contributed by atoms with E-state index in [1.165, 1.54) is 16.7 Å². The average Bonchev–Trinajstić information content (AvgIpc) is 2.41. The molecule has 0 unspecified atom stereocenters. The van der Waals surface area contributed by atoms with Crippen molar-refractivity contribution in [3.8, 4) is 0 Å². The second-order valence-electron chi connectivity index (χ2n) is 5.02. The van der Waals surface area contributed by atoms with Crippen molar-refractivity contribution in [2.75, 3.05) is 0 Å². The molecule has 2 nitrogen and oxygen atoms in total. The van der Waals surface area contributed by atoms with Crippen LogP contribution in [-0.4, -0.2) is 5.91 Å². The van der Waals surface area contributed by atoms with Crippen molar-refractivity contribution >= 4 is 5.91 Å². The molecular formula is C15H23NO. The third-order valence-corrected chi connectivity index (χ3v) is 3.05. The highest BCUT2D eigenvalue weighted by molar-refractivity contribution is 5.82. The first kappa shape index (κ1) is 13.8. The number of benzene rings is 1. The first-order valence-electron chi connectivity index (χ1n) is 6.36. The molecule has 17 heavy (non-hydrogen) atoms. The van der Waals surface area contributed by atoms with Crippen LogP contribution >= 0.6 is 0 Å². The predicted octanol–water partition coefficient (Wildman–Crippen LogP) is 3.22. The van der Waals surface area contributed by atoms with Gasteiger partial charge in [0.2, 0.25) is 5.91 Å². The van der Waals surface area contributed by atoms with Gasteiger partial charge >= 0.3 is 0 Å². The van der Waals surface area contributed by atoms with Crippen molar-refractivity contribution in [1.29, 1.82) is 0 Å². The lowest BCUT2D eigenvalue weighted by Gasteiger charge is -2.20. The van der Waals surface area contributed by atoms with E-state index in [-0.39, 0.29) is 11.3 Å². The number of rotatable bonds is 0. The van der Waals surface area contributed by atoms with Gasteiger partial charge < -0.3 is 5.32 Å². The third kappa shape index (κ3) is 3.09. The van der Waals surface area contributed by atoms with Gasteiger partial charge in [-0.3, -0.25) is 4.79 Å². The number of nitrogens with one attached hydrogen (secondary N) is 1. The zero-order chi connectivity index (χ0) is 13.1. The Hall–Kier alpha value is -1.31. The number of aryl methyl sites for hydroxylation is 1. The fourth-order valence-electron chi connectivity index (χ4n) is 2.06. The summed E-state index contributed by atoms with van der Waals surface area (Å²) in [5.74, 6) is 0.149. The van der Waals surface area contributed by atoms with Gasteiger partial charge in [-0.25, -0.2) is 0 Å². The van der Waals surface area contributed by atoms with Crippen molar-refractivity contribution < 1.29 is 4.79 Å². The molecule has 0 aromatic heterocycles. The van der Waals surface area contributed by atoms with E-state index in [0.717, 1.165) is 6.42 Å². The molecule has 1 N–H and O–H groups in total. The van der Waals surface area contributed by atoms with E-state index in [2.05, 4.69) is 30.4 Å². The van der Waals surface area contributed by atoms with Gasteiger partial charge in [0.25, 0.3) is 0 Å². The monoisotopic (exact) mass is 233 g/mol. The van der Waals surface area contributed by atoms with E-state index in [1.807, 2.05) is 27.7 Å². The van der Waals surface area contributed by atoms with E-state index in [0.29, 0.717) is 6.54 Å². The summed E-state index contributed by atoms with van der Waals surface area (Å²) in [4.78, 5) is 11.8. The largest absolute Gasteiger partial charge is 0.352 e. The van der Waals surface area contributed by atoms with Crippen LogP contribution in [0.1, 0.15) is 44.4 Å². The Labute approximate surface area is 104 Å². The van der Waals surface area contributed by atoms with Crippen LogP contribution in [0.3, 0.4) is 0 Å². The summed E-state index contributed by atoms with van der Waals surface area (Å²) in [5, 5.41) is 2.98. The van der Waals surface area contributed by atoms with E-state index >= 15 is 0 Å². The molecule has 94 valence electrons. The van der Waals surface area contributed by atoms with Gasteiger partial charge in [0.05, 0.1) is 0 Å². The van der Waals surface area contributed by atoms with E-state index in [4.69, 9.17) is 0 Å². The molecule has 1 heterocycles. The summed E-state index contributed by atoms with van der Waals surface area (Å²) >= 11 is 0. The molecular weight excluding hydrogens is 210 g/mol. The fourth-order valence-corrected chi connectivity index (χ4v) is 2.06. The summed E-state index contributed by atoms with van der Waals surface area (Å²) in [7, 11) is 0. The molecule has 0 fully saturated rings. The summed E-state index contributed by atoms with van der Waals surface area (Å²) in [6, 6.07) is 6.43. The van der Waals surface area contributed by atoms with Gasteiger partial charge in [0.15, 0.2) is 0 Å². The standard InChI is InChI=1S/C13H17NO.C2H6/c1-9-4-5-10-7-13(2,3)12(15)14-8-11(10)6-9;1-2/h4-6H,7-8H2,1-3H3,(H,14,15);1-2H3. The zero-order valence-corrected chi connectivity index (χ0v) is 11.6. The molecule has 0 saturated heterocycles. The van der Waals surface area contributed by atoms with Crippen LogP contribution in [-0.2, 0) is 17.8 Å². The molecule has 0 aliphatic carbocycles. The van der Waals surface area contributed by atoms with Crippen LogP contribution in [0.5, 0.6) is 0 Å². The van der Waals surface area contributed by atoms with Crippen LogP contribution in [0.15, 0.2) is 18.2 Å². The van der Waals surface area contributed by atoms with Crippen molar-refractivity contribution in [1.82, 2.24) is 5.32 Å². The summed E-state index contributed by atoms with van der Waals surface area (Å²) in [6.07, 6.45) is 0.828. The lowest BCUT2D eigenvalue weighted by molar-refractivity contribution is -0.129. The Morgan fingerprint density at radius 1 is 1.18 bits per heavy atom. The third-order valence-electron chi connectivity index (χ3n) is 3.05. The van der Waals surface area contributed by atoms with Crippen molar-refractivity contribution in [2.24, 2.45) is 5.41 Å². The Bertz CT molecular complexity index is 407. The van der Waals surface area contributed by atoms with E-state index in [1.54, 1.807) is 0 Å². The van der Waals surface area contributed by atoms with E-state index < -0.39 is 0 Å². The first-order valence-corrected chi connectivity index (χ1v) is 6.36. The average molecular weight is 233 g/mol. The number of carbonyl (C=O) groups is 1. The maximum absolute atomic E-state index is 11.8. The van der Waals surface area contributed by atoms with E-state index in [9.17, 15) is 4.79 Å². The summed E-state index contributed by atoms with van der Waals surface area (Å²) < 4.78 is 0. The Morgan fingerprint density at radius 3 is 2.47 bits per heavy atom. The van der Waals surface area contributed by atoms with Gasteiger partial charge in [0.1, 0.15) is 0 Å². The second kappa shape index (κ2) is 5.35. The molecule has 0 atom stereocenters. The molecule has 1 aliphatic heterocycles. The molecule has 1 aromatic rings. The number of hydrogen-bond donors (Lipinski definition) is 1. The lowest BCUT2D eigenvalue weighted by Crippen LogP contribution is -2.35. The van der Waals surface area contributed by atoms with Gasteiger partial charge in [-0.05, 0) is 24.5 Å². The molecule has 1 amide bonds. The molecule has 2 rings (SSSR count). The maximum Gasteiger partial charge on any atom is 0.226 e. The van der Waals surface area contributed by atoms with Crippen LogP contribution < -0.4 is 5.32 Å². The maximum atomic E-state index is 11.8. The molecule has 1 aromatic carbocycles. The quantitative estimate of drug-likeness (QED) is 0.732. The molecule has 0 bridgehead atoms. The number of carbonyl (C=O) groups excluding carboxylic acids is 1. The molecule has 2 heteroatoms. The second-order valence-corrected chi connectivity index (χ2v) is 5.02. The number of fused-ring (bicyclic) bond motifs is 1. The molecule has 0 saturated carbocycles. The van der Waals surface area contributed by atoms with Crippen molar-refractivity contribution in [2.45, 2.75) is 47.6 Å². The highest BCUT2D eigenvalue weighted by Crippen LogP contribution is 2.27. The number of hydrogen-bond acceptors (Lipinski definition) is 1. The topological polar surface area (TPSA) is 29.1 Å². The van der Waals surface area contributed by atoms with Crippen LogP contribution in [0.2, 0.25) is 0 Å². The SMILES string of the molecule is CC.Cc1ccc2c(c1)CNC(=O)C(C)(C)C2.